The zero-order valence-corrected chi connectivity index (χ0v) is 9.31. The first kappa shape index (κ1) is 11.2. The van der Waals surface area contributed by atoms with Crippen molar-refractivity contribution in [3.8, 4) is 12.3 Å². The molecule has 0 saturated heterocycles. The first-order valence-corrected chi connectivity index (χ1v) is 5.38. The minimum atomic E-state index is -0.106. The summed E-state index contributed by atoms with van der Waals surface area (Å²) >= 11 is 0. The van der Waals surface area contributed by atoms with Gasteiger partial charge in [0.15, 0.2) is 0 Å². The molecule has 1 N–H and O–H groups in total. The molecular weight excluding hydrogens is 212 g/mol. The van der Waals surface area contributed by atoms with Gasteiger partial charge in [-0.1, -0.05) is 6.07 Å². The van der Waals surface area contributed by atoms with E-state index in [2.05, 4.69) is 16.2 Å². The summed E-state index contributed by atoms with van der Waals surface area (Å²) < 4.78 is 0. The third kappa shape index (κ3) is 2.61. The second-order valence-corrected chi connectivity index (χ2v) is 3.62. The van der Waals surface area contributed by atoms with Gasteiger partial charge in [-0.3, -0.25) is 9.78 Å². The van der Waals surface area contributed by atoms with Crippen LogP contribution >= 0.6 is 0 Å². The minimum Gasteiger partial charge on any atom is -0.351 e. The Kier molecular flexibility index (Phi) is 3.37. The lowest BCUT2D eigenvalue weighted by atomic mass is 10.1. The number of benzene rings is 1. The lowest BCUT2D eigenvalue weighted by Gasteiger charge is -2.04. The smallest absolute Gasteiger partial charge is 0.251 e. The summed E-state index contributed by atoms with van der Waals surface area (Å²) in [5.41, 5.74) is 1.51. The van der Waals surface area contributed by atoms with E-state index < -0.39 is 0 Å². The van der Waals surface area contributed by atoms with Crippen molar-refractivity contribution in [1.82, 2.24) is 10.3 Å². The van der Waals surface area contributed by atoms with E-state index in [1.165, 1.54) is 0 Å². The number of aromatic nitrogens is 1. The third-order valence-electron chi connectivity index (χ3n) is 2.42. The van der Waals surface area contributed by atoms with Gasteiger partial charge in [0.2, 0.25) is 0 Å². The van der Waals surface area contributed by atoms with E-state index in [4.69, 9.17) is 6.42 Å². The molecule has 0 fully saturated rings. The molecule has 0 unspecified atom stereocenters. The highest BCUT2D eigenvalue weighted by molar-refractivity contribution is 5.97. The van der Waals surface area contributed by atoms with Crippen LogP contribution in [0.3, 0.4) is 0 Å². The quantitative estimate of drug-likeness (QED) is 0.640. The van der Waals surface area contributed by atoms with Crippen LogP contribution in [0.15, 0.2) is 36.5 Å². The number of fused-ring (bicyclic) bond motifs is 1. The zero-order chi connectivity index (χ0) is 12.1. The Hall–Kier alpha value is -2.34. The number of pyridine rings is 1. The molecule has 2 rings (SSSR count). The number of carbonyl (C=O) groups is 1. The molecule has 0 aliphatic rings. The fourth-order valence-electron chi connectivity index (χ4n) is 1.57. The number of nitrogens with one attached hydrogen (secondary N) is 1. The van der Waals surface area contributed by atoms with E-state index in [0.717, 1.165) is 10.9 Å². The minimum absolute atomic E-state index is 0.106. The Balaban J connectivity index is 2.19. The molecular formula is C14H12N2O. The van der Waals surface area contributed by atoms with Gasteiger partial charge in [0.1, 0.15) is 0 Å². The maximum absolute atomic E-state index is 11.8. The normalized spacial score (nSPS) is 9.82. The highest BCUT2D eigenvalue weighted by atomic mass is 16.1. The second kappa shape index (κ2) is 5.13. The van der Waals surface area contributed by atoms with E-state index in [1.807, 2.05) is 24.3 Å². The van der Waals surface area contributed by atoms with Crippen LogP contribution < -0.4 is 5.32 Å². The van der Waals surface area contributed by atoms with Crippen LogP contribution in [0.2, 0.25) is 0 Å². The van der Waals surface area contributed by atoms with Crippen LogP contribution in [-0.4, -0.2) is 17.4 Å². The van der Waals surface area contributed by atoms with Gasteiger partial charge in [0.05, 0.1) is 5.52 Å². The fraction of sp³-hybridized carbons (Fsp3) is 0.143. The molecule has 84 valence electrons. The van der Waals surface area contributed by atoms with Crippen LogP contribution in [0, 0.1) is 12.3 Å². The van der Waals surface area contributed by atoms with E-state index >= 15 is 0 Å². The lowest BCUT2D eigenvalue weighted by Crippen LogP contribution is -2.24. The monoisotopic (exact) mass is 224 g/mol. The standard InChI is InChI=1S/C14H12N2O/c1-2-3-8-16-14(17)12-6-7-13-11(10-12)5-4-9-15-13/h1,4-7,9-10H,3,8H2,(H,16,17). The molecule has 0 saturated carbocycles. The average molecular weight is 224 g/mol. The molecule has 0 aliphatic carbocycles. The number of carbonyl (C=O) groups excluding carboxylic acids is 1. The van der Waals surface area contributed by atoms with Crippen LogP contribution in [0.1, 0.15) is 16.8 Å². The van der Waals surface area contributed by atoms with Gasteiger partial charge in [0.25, 0.3) is 5.91 Å². The lowest BCUT2D eigenvalue weighted by molar-refractivity contribution is 0.0954. The Morgan fingerprint density at radius 3 is 3.12 bits per heavy atom. The maximum atomic E-state index is 11.8. The third-order valence-corrected chi connectivity index (χ3v) is 2.42. The number of hydrogen-bond donors (Lipinski definition) is 1. The number of rotatable bonds is 3. The summed E-state index contributed by atoms with van der Waals surface area (Å²) in [5, 5.41) is 3.72. The molecule has 1 amide bonds. The van der Waals surface area contributed by atoms with Gasteiger partial charge >= 0.3 is 0 Å². The number of nitrogens with zero attached hydrogens (tertiary/aromatic N) is 1. The number of terminal acetylenes is 1. The van der Waals surface area contributed by atoms with Crippen molar-refractivity contribution in [2.75, 3.05) is 6.54 Å². The molecule has 0 bridgehead atoms. The van der Waals surface area contributed by atoms with Crippen LogP contribution in [0.25, 0.3) is 10.9 Å². The van der Waals surface area contributed by atoms with Crippen molar-refractivity contribution >= 4 is 16.8 Å². The predicted molar refractivity (Wildman–Crippen MR) is 67.5 cm³/mol. The molecule has 3 heteroatoms. The zero-order valence-electron chi connectivity index (χ0n) is 9.31. The summed E-state index contributed by atoms with van der Waals surface area (Å²) in [6.45, 7) is 0.500. The highest BCUT2D eigenvalue weighted by Gasteiger charge is 2.05. The summed E-state index contributed by atoms with van der Waals surface area (Å²) in [7, 11) is 0. The van der Waals surface area contributed by atoms with E-state index in [1.54, 1.807) is 12.3 Å². The van der Waals surface area contributed by atoms with Crippen molar-refractivity contribution in [2.24, 2.45) is 0 Å². The Labute approximate surface area is 99.9 Å². The molecule has 1 aromatic carbocycles. The van der Waals surface area contributed by atoms with Gasteiger partial charge in [-0.25, -0.2) is 0 Å². The first-order valence-electron chi connectivity index (χ1n) is 5.38. The van der Waals surface area contributed by atoms with E-state index in [-0.39, 0.29) is 5.91 Å². The van der Waals surface area contributed by atoms with Gasteiger partial charge in [0, 0.05) is 30.1 Å². The molecule has 3 nitrogen and oxygen atoms in total. The Bertz CT molecular complexity index is 584. The van der Waals surface area contributed by atoms with Crippen molar-refractivity contribution in [2.45, 2.75) is 6.42 Å². The predicted octanol–water partition coefficient (Wildman–Crippen LogP) is 1.99. The maximum Gasteiger partial charge on any atom is 0.251 e. The van der Waals surface area contributed by atoms with Crippen LogP contribution in [0.5, 0.6) is 0 Å². The fourth-order valence-corrected chi connectivity index (χ4v) is 1.57. The summed E-state index contributed by atoms with van der Waals surface area (Å²) in [6.07, 6.45) is 7.39. The Morgan fingerprint density at radius 2 is 2.29 bits per heavy atom. The molecule has 1 aromatic heterocycles. The molecule has 2 aromatic rings. The molecule has 17 heavy (non-hydrogen) atoms. The highest BCUT2D eigenvalue weighted by Crippen LogP contribution is 2.13. The van der Waals surface area contributed by atoms with Gasteiger partial charge in [-0.05, 0) is 24.3 Å². The largest absolute Gasteiger partial charge is 0.351 e. The molecule has 0 spiro atoms. The van der Waals surface area contributed by atoms with Crippen molar-refractivity contribution in [1.29, 1.82) is 0 Å². The summed E-state index contributed by atoms with van der Waals surface area (Å²) in [4.78, 5) is 16.0. The number of hydrogen-bond acceptors (Lipinski definition) is 2. The van der Waals surface area contributed by atoms with Gasteiger partial charge < -0.3 is 5.32 Å². The van der Waals surface area contributed by atoms with E-state index in [0.29, 0.717) is 18.5 Å². The Morgan fingerprint density at radius 1 is 1.41 bits per heavy atom. The van der Waals surface area contributed by atoms with Gasteiger partial charge in [-0.15, -0.1) is 12.3 Å². The molecule has 0 radical (unpaired) electrons. The van der Waals surface area contributed by atoms with Crippen molar-refractivity contribution < 1.29 is 4.79 Å². The summed E-state index contributed by atoms with van der Waals surface area (Å²) in [5.74, 6) is 2.37. The molecule has 0 aliphatic heterocycles. The van der Waals surface area contributed by atoms with E-state index in [9.17, 15) is 4.79 Å². The van der Waals surface area contributed by atoms with Crippen LogP contribution in [-0.2, 0) is 0 Å². The van der Waals surface area contributed by atoms with Crippen molar-refractivity contribution in [3.05, 3.63) is 42.1 Å². The second-order valence-electron chi connectivity index (χ2n) is 3.62. The number of amides is 1. The molecule has 1 heterocycles. The van der Waals surface area contributed by atoms with Crippen LogP contribution in [0.4, 0.5) is 0 Å². The van der Waals surface area contributed by atoms with Gasteiger partial charge in [-0.2, -0.15) is 0 Å². The average Bonchev–Trinajstić information content (AvgIpc) is 2.38. The van der Waals surface area contributed by atoms with Crippen molar-refractivity contribution in [3.63, 3.8) is 0 Å². The first-order chi connectivity index (χ1) is 8.31. The summed E-state index contributed by atoms with van der Waals surface area (Å²) in [6, 6.07) is 9.21. The topological polar surface area (TPSA) is 42.0 Å². The SMILES string of the molecule is C#CCCNC(=O)c1ccc2ncccc2c1. The molecule has 0 atom stereocenters.